The van der Waals surface area contributed by atoms with Gasteiger partial charge in [0.2, 0.25) is 0 Å². The summed E-state index contributed by atoms with van der Waals surface area (Å²) < 4.78 is 10.4. The SMILES string of the molecule is SC=CC1COCCO1. The number of rotatable bonds is 1. The van der Waals surface area contributed by atoms with Crippen LogP contribution in [0.5, 0.6) is 0 Å². The molecule has 1 unspecified atom stereocenters. The van der Waals surface area contributed by atoms with Gasteiger partial charge in [-0.15, -0.1) is 0 Å². The van der Waals surface area contributed by atoms with E-state index in [9.17, 15) is 0 Å². The maximum atomic E-state index is 5.26. The van der Waals surface area contributed by atoms with E-state index < -0.39 is 0 Å². The Bertz CT molecular complexity index is 97.2. The van der Waals surface area contributed by atoms with Crippen molar-refractivity contribution in [3.63, 3.8) is 0 Å². The zero-order chi connectivity index (χ0) is 6.53. The molecule has 0 amide bonds. The number of thiol groups is 1. The lowest BCUT2D eigenvalue weighted by atomic mass is 10.3. The highest BCUT2D eigenvalue weighted by Gasteiger charge is 2.09. The molecule has 0 aromatic heterocycles. The molecule has 0 aromatic rings. The second-order valence-electron chi connectivity index (χ2n) is 1.83. The van der Waals surface area contributed by atoms with Gasteiger partial charge in [0, 0.05) is 0 Å². The lowest BCUT2D eigenvalue weighted by Gasteiger charge is -2.19. The summed E-state index contributed by atoms with van der Waals surface area (Å²) in [5, 5.41) is 1.68. The van der Waals surface area contributed by atoms with Crippen molar-refractivity contribution in [2.24, 2.45) is 0 Å². The Morgan fingerprint density at radius 1 is 1.44 bits per heavy atom. The van der Waals surface area contributed by atoms with Crippen LogP contribution < -0.4 is 0 Å². The first-order valence-corrected chi connectivity index (χ1v) is 3.45. The van der Waals surface area contributed by atoms with Crippen LogP contribution in [-0.4, -0.2) is 25.9 Å². The first kappa shape index (κ1) is 7.12. The van der Waals surface area contributed by atoms with Crippen molar-refractivity contribution in [3.05, 3.63) is 11.5 Å². The van der Waals surface area contributed by atoms with Crippen molar-refractivity contribution in [1.29, 1.82) is 0 Å². The zero-order valence-electron chi connectivity index (χ0n) is 5.12. The maximum absolute atomic E-state index is 5.26. The molecule has 0 spiro atoms. The van der Waals surface area contributed by atoms with E-state index in [1.165, 1.54) is 0 Å². The van der Waals surface area contributed by atoms with Gasteiger partial charge in [-0.1, -0.05) is 0 Å². The molecule has 52 valence electrons. The molecule has 1 fully saturated rings. The van der Waals surface area contributed by atoms with Crippen LogP contribution in [0, 0.1) is 0 Å². The Hall–Kier alpha value is 0.01000. The van der Waals surface area contributed by atoms with Crippen LogP contribution in [0.15, 0.2) is 11.5 Å². The summed E-state index contributed by atoms with van der Waals surface area (Å²) in [6.45, 7) is 2.08. The molecule has 0 aromatic carbocycles. The molecule has 9 heavy (non-hydrogen) atoms. The molecule has 0 saturated carbocycles. The molecule has 1 rings (SSSR count). The zero-order valence-corrected chi connectivity index (χ0v) is 6.01. The molecule has 2 nitrogen and oxygen atoms in total. The minimum Gasteiger partial charge on any atom is -0.376 e. The van der Waals surface area contributed by atoms with E-state index in [0.717, 1.165) is 6.61 Å². The molecule has 0 bridgehead atoms. The molecular weight excluding hydrogens is 136 g/mol. The molecule has 0 aliphatic carbocycles. The van der Waals surface area contributed by atoms with Crippen LogP contribution in [0.25, 0.3) is 0 Å². The predicted molar refractivity (Wildman–Crippen MR) is 38.7 cm³/mol. The third-order valence-corrected chi connectivity index (χ3v) is 1.31. The molecule has 1 atom stereocenters. The summed E-state index contributed by atoms with van der Waals surface area (Å²) in [7, 11) is 0. The van der Waals surface area contributed by atoms with Crippen LogP contribution in [0.2, 0.25) is 0 Å². The van der Waals surface area contributed by atoms with E-state index in [0.29, 0.717) is 13.2 Å². The second kappa shape index (κ2) is 3.93. The van der Waals surface area contributed by atoms with E-state index in [4.69, 9.17) is 9.47 Å². The first-order chi connectivity index (χ1) is 4.43. The van der Waals surface area contributed by atoms with Crippen molar-refractivity contribution in [1.82, 2.24) is 0 Å². The summed E-state index contributed by atoms with van der Waals surface area (Å²) in [6.07, 6.45) is 2.00. The minimum atomic E-state index is 0.122. The summed E-state index contributed by atoms with van der Waals surface area (Å²) in [4.78, 5) is 0. The van der Waals surface area contributed by atoms with Crippen molar-refractivity contribution in [2.75, 3.05) is 19.8 Å². The third-order valence-electron chi connectivity index (χ3n) is 1.14. The van der Waals surface area contributed by atoms with Crippen LogP contribution in [0.3, 0.4) is 0 Å². The normalized spacial score (nSPS) is 29.2. The summed E-state index contributed by atoms with van der Waals surface area (Å²) in [5.41, 5.74) is 0. The Morgan fingerprint density at radius 3 is 2.89 bits per heavy atom. The molecule has 1 aliphatic heterocycles. The van der Waals surface area contributed by atoms with Gasteiger partial charge in [-0.05, 0) is 11.5 Å². The van der Waals surface area contributed by atoms with E-state index in [1.807, 2.05) is 6.08 Å². The largest absolute Gasteiger partial charge is 0.376 e. The maximum Gasteiger partial charge on any atom is 0.0998 e. The fourth-order valence-corrected chi connectivity index (χ4v) is 0.905. The van der Waals surface area contributed by atoms with Crippen molar-refractivity contribution >= 4 is 12.6 Å². The average molecular weight is 146 g/mol. The van der Waals surface area contributed by atoms with E-state index >= 15 is 0 Å². The average Bonchev–Trinajstić information content (AvgIpc) is 1.91. The number of hydrogen-bond acceptors (Lipinski definition) is 3. The van der Waals surface area contributed by atoms with Crippen molar-refractivity contribution < 1.29 is 9.47 Å². The fourth-order valence-electron chi connectivity index (χ4n) is 0.713. The van der Waals surface area contributed by atoms with Crippen LogP contribution in [0.4, 0.5) is 0 Å². The topological polar surface area (TPSA) is 18.5 Å². The molecular formula is C6H10O2S. The van der Waals surface area contributed by atoms with Gasteiger partial charge in [-0.25, -0.2) is 0 Å². The number of hydrogen-bond donors (Lipinski definition) is 1. The van der Waals surface area contributed by atoms with E-state index in [2.05, 4.69) is 12.6 Å². The Labute approximate surface area is 60.3 Å². The summed E-state index contributed by atoms with van der Waals surface area (Å²) in [6, 6.07) is 0. The highest BCUT2D eigenvalue weighted by atomic mass is 32.1. The van der Waals surface area contributed by atoms with Gasteiger partial charge in [0.1, 0.15) is 0 Å². The lowest BCUT2D eigenvalue weighted by Crippen LogP contribution is -2.26. The second-order valence-corrected chi connectivity index (χ2v) is 2.12. The van der Waals surface area contributed by atoms with Crippen LogP contribution in [-0.2, 0) is 9.47 Å². The first-order valence-electron chi connectivity index (χ1n) is 2.93. The Morgan fingerprint density at radius 2 is 2.33 bits per heavy atom. The van der Waals surface area contributed by atoms with Gasteiger partial charge in [-0.3, -0.25) is 0 Å². The lowest BCUT2D eigenvalue weighted by molar-refractivity contribution is -0.0674. The van der Waals surface area contributed by atoms with Gasteiger partial charge in [-0.2, -0.15) is 12.6 Å². The smallest absolute Gasteiger partial charge is 0.0998 e. The van der Waals surface area contributed by atoms with E-state index in [1.54, 1.807) is 5.41 Å². The Kier molecular flexibility index (Phi) is 3.11. The van der Waals surface area contributed by atoms with Gasteiger partial charge in [0.05, 0.1) is 25.9 Å². The molecule has 1 saturated heterocycles. The quantitative estimate of drug-likeness (QED) is 0.553. The molecule has 3 heteroatoms. The van der Waals surface area contributed by atoms with E-state index in [-0.39, 0.29) is 6.10 Å². The van der Waals surface area contributed by atoms with Crippen LogP contribution in [0.1, 0.15) is 0 Å². The highest BCUT2D eigenvalue weighted by Crippen LogP contribution is 2.01. The molecule has 1 heterocycles. The monoisotopic (exact) mass is 146 g/mol. The number of ether oxygens (including phenoxy) is 2. The van der Waals surface area contributed by atoms with Crippen molar-refractivity contribution in [3.8, 4) is 0 Å². The summed E-state index contributed by atoms with van der Waals surface area (Å²) >= 11 is 3.91. The van der Waals surface area contributed by atoms with Crippen molar-refractivity contribution in [2.45, 2.75) is 6.10 Å². The Balaban J connectivity index is 2.23. The molecule has 1 aliphatic rings. The van der Waals surface area contributed by atoms with Gasteiger partial charge < -0.3 is 9.47 Å². The molecule has 0 radical (unpaired) electrons. The van der Waals surface area contributed by atoms with Gasteiger partial charge >= 0.3 is 0 Å². The third kappa shape index (κ3) is 2.39. The predicted octanol–water partition coefficient (Wildman–Crippen LogP) is 0.845. The molecule has 0 N–H and O–H groups in total. The summed E-state index contributed by atoms with van der Waals surface area (Å²) in [5.74, 6) is 0. The van der Waals surface area contributed by atoms with Gasteiger partial charge in [0.25, 0.3) is 0 Å². The highest BCUT2D eigenvalue weighted by molar-refractivity contribution is 7.83. The fraction of sp³-hybridized carbons (Fsp3) is 0.667. The standard InChI is InChI=1S/C6H10O2S/c9-4-1-6-5-7-2-3-8-6/h1,4,6,9H,2-3,5H2. The minimum absolute atomic E-state index is 0.122. The van der Waals surface area contributed by atoms with Crippen LogP contribution >= 0.6 is 12.6 Å². The van der Waals surface area contributed by atoms with Gasteiger partial charge in [0.15, 0.2) is 0 Å².